The number of ether oxygens (including phenoxy) is 1. The number of carbonyl (C=O) groups excluding carboxylic acids is 1. The zero-order valence-corrected chi connectivity index (χ0v) is 18.2. The van der Waals surface area contributed by atoms with Gasteiger partial charge in [-0.05, 0) is 18.6 Å². The Labute approximate surface area is 175 Å². The van der Waals surface area contributed by atoms with Crippen molar-refractivity contribution in [2.45, 2.75) is 76.0 Å². The maximum absolute atomic E-state index is 11.8. The number of hydrogen-bond acceptors (Lipinski definition) is 4. The Balaban J connectivity index is 0. The van der Waals surface area contributed by atoms with Gasteiger partial charge in [0, 0.05) is 6.42 Å². The Kier molecular flexibility index (Phi) is 13.5. The van der Waals surface area contributed by atoms with Gasteiger partial charge in [-0.3, -0.25) is 9.35 Å². The Bertz CT molecular complexity index is 607. The van der Waals surface area contributed by atoms with Crippen LogP contribution in [0.3, 0.4) is 0 Å². The van der Waals surface area contributed by atoms with Crippen molar-refractivity contribution in [3.63, 3.8) is 0 Å². The third-order valence-corrected chi connectivity index (χ3v) is 4.73. The molecular formula is C18H29NaO5S. The molecule has 0 aromatic heterocycles. The van der Waals surface area contributed by atoms with Gasteiger partial charge < -0.3 is 6.16 Å². The molecule has 1 rings (SSSR count). The van der Waals surface area contributed by atoms with Crippen LogP contribution in [0.25, 0.3) is 0 Å². The molecule has 0 radical (unpaired) electrons. The summed E-state index contributed by atoms with van der Waals surface area (Å²) in [5.41, 5.74) is 0. The molecule has 0 bridgehead atoms. The van der Waals surface area contributed by atoms with Crippen molar-refractivity contribution in [1.82, 2.24) is 0 Å². The first-order valence-electron chi connectivity index (χ1n) is 8.72. The van der Waals surface area contributed by atoms with E-state index < -0.39 is 16.1 Å². The second-order valence-corrected chi connectivity index (χ2v) is 7.36. The molecule has 0 atom stereocenters. The topological polar surface area (TPSA) is 80.7 Å². The first-order chi connectivity index (χ1) is 11.4. The van der Waals surface area contributed by atoms with Gasteiger partial charge in [-0.15, -0.1) is 0 Å². The van der Waals surface area contributed by atoms with Crippen LogP contribution in [0.4, 0.5) is 0 Å². The minimum Gasteiger partial charge on any atom is -1.00 e. The van der Waals surface area contributed by atoms with Crippen LogP contribution in [-0.2, 0) is 14.9 Å². The van der Waals surface area contributed by atoms with Crippen molar-refractivity contribution in [2.75, 3.05) is 0 Å². The summed E-state index contributed by atoms with van der Waals surface area (Å²) in [5.74, 6) is -0.602. The minimum atomic E-state index is -4.40. The SMILES string of the molecule is CCCCCCCCCCCC(=O)Oc1ccccc1S(=O)(=O)O.[H-].[Na+]. The van der Waals surface area contributed by atoms with Gasteiger partial charge >= 0.3 is 35.5 Å². The molecule has 0 fully saturated rings. The van der Waals surface area contributed by atoms with E-state index in [-0.39, 0.29) is 48.0 Å². The summed E-state index contributed by atoms with van der Waals surface area (Å²) in [7, 11) is -4.40. The van der Waals surface area contributed by atoms with Gasteiger partial charge in [0.25, 0.3) is 10.1 Å². The van der Waals surface area contributed by atoms with E-state index in [4.69, 9.17) is 9.29 Å². The summed E-state index contributed by atoms with van der Waals surface area (Å²) < 4.78 is 36.6. The molecule has 0 aliphatic rings. The molecule has 1 N–H and O–H groups in total. The first-order valence-corrected chi connectivity index (χ1v) is 10.2. The van der Waals surface area contributed by atoms with Crippen LogP contribution in [0.15, 0.2) is 29.2 Å². The Morgan fingerprint density at radius 2 is 1.52 bits per heavy atom. The first kappa shape index (κ1) is 24.6. The van der Waals surface area contributed by atoms with Gasteiger partial charge in [-0.2, -0.15) is 8.42 Å². The number of hydrogen-bond donors (Lipinski definition) is 1. The van der Waals surface area contributed by atoms with Crippen LogP contribution in [-0.4, -0.2) is 18.9 Å². The minimum absolute atomic E-state index is 0. The van der Waals surface area contributed by atoms with Gasteiger partial charge in [0.2, 0.25) is 0 Å². The Hall–Kier alpha value is -0.400. The van der Waals surface area contributed by atoms with Crippen molar-refractivity contribution in [2.24, 2.45) is 0 Å². The number of rotatable bonds is 12. The van der Waals surface area contributed by atoms with Crippen LogP contribution in [0, 0.1) is 0 Å². The van der Waals surface area contributed by atoms with E-state index >= 15 is 0 Å². The largest absolute Gasteiger partial charge is 1.00 e. The molecule has 0 spiro atoms. The van der Waals surface area contributed by atoms with E-state index in [1.54, 1.807) is 6.07 Å². The number of para-hydroxylation sites is 1. The average molecular weight is 380 g/mol. The molecule has 0 amide bonds. The van der Waals surface area contributed by atoms with E-state index in [1.807, 2.05) is 0 Å². The summed E-state index contributed by atoms with van der Waals surface area (Å²) in [6.07, 6.45) is 10.6. The molecule has 5 nitrogen and oxygen atoms in total. The molecule has 1 aromatic carbocycles. The van der Waals surface area contributed by atoms with Crippen LogP contribution >= 0.6 is 0 Å². The predicted octanol–water partition coefficient (Wildman–Crippen LogP) is 1.88. The van der Waals surface area contributed by atoms with Crippen molar-refractivity contribution in [1.29, 1.82) is 0 Å². The number of carbonyl (C=O) groups is 1. The molecule has 0 saturated carbocycles. The summed E-state index contributed by atoms with van der Waals surface area (Å²) in [4.78, 5) is 11.4. The molecule has 0 unspecified atom stereocenters. The zero-order valence-electron chi connectivity index (χ0n) is 16.4. The molecule has 0 aliphatic heterocycles. The fourth-order valence-electron chi connectivity index (χ4n) is 2.50. The fourth-order valence-corrected chi connectivity index (χ4v) is 3.12. The number of benzene rings is 1. The number of esters is 1. The number of unbranched alkanes of at least 4 members (excludes halogenated alkanes) is 8. The average Bonchev–Trinajstić information content (AvgIpc) is 2.53. The Morgan fingerprint density at radius 3 is 2.08 bits per heavy atom. The summed E-state index contributed by atoms with van der Waals surface area (Å²) in [6, 6.07) is 5.57. The van der Waals surface area contributed by atoms with Crippen molar-refractivity contribution < 1.29 is 53.5 Å². The van der Waals surface area contributed by atoms with E-state index in [9.17, 15) is 13.2 Å². The van der Waals surface area contributed by atoms with E-state index in [0.29, 0.717) is 0 Å². The molecule has 138 valence electrons. The molecule has 25 heavy (non-hydrogen) atoms. The zero-order chi connectivity index (χ0) is 17.8. The van der Waals surface area contributed by atoms with Gasteiger partial charge in [-0.1, -0.05) is 70.4 Å². The van der Waals surface area contributed by atoms with Gasteiger partial charge in [0.05, 0.1) is 0 Å². The second kappa shape index (κ2) is 13.8. The van der Waals surface area contributed by atoms with Gasteiger partial charge in [-0.25, -0.2) is 0 Å². The van der Waals surface area contributed by atoms with Crippen LogP contribution in [0.2, 0.25) is 0 Å². The Morgan fingerprint density at radius 1 is 1.00 bits per heavy atom. The van der Waals surface area contributed by atoms with Crippen LogP contribution < -0.4 is 34.3 Å². The summed E-state index contributed by atoms with van der Waals surface area (Å²) >= 11 is 0. The van der Waals surface area contributed by atoms with E-state index in [1.165, 1.54) is 56.7 Å². The smallest absolute Gasteiger partial charge is 1.00 e. The third-order valence-electron chi connectivity index (χ3n) is 3.84. The van der Waals surface area contributed by atoms with E-state index in [0.717, 1.165) is 19.3 Å². The van der Waals surface area contributed by atoms with Crippen LogP contribution in [0.1, 0.15) is 72.6 Å². The van der Waals surface area contributed by atoms with Crippen molar-refractivity contribution >= 4 is 16.1 Å². The quantitative estimate of drug-likeness (QED) is 0.197. The maximum Gasteiger partial charge on any atom is 1.00 e. The van der Waals surface area contributed by atoms with Gasteiger partial charge in [0.15, 0.2) is 5.75 Å². The third kappa shape index (κ3) is 11.0. The van der Waals surface area contributed by atoms with Crippen molar-refractivity contribution in [3.05, 3.63) is 24.3 Å². The summed E-state index contributed by atoms with van der Waals surface area (Å²) in [6.45, 7) is 2.20. The molecular weight excluding hydrogens is 351 g/mol. The molecule has 7 heteroatoms. The van der Waals surface area contributed by atoms with E-state index in [2.05, 4.69) is 6.92 Å². The van der Waals surface area contributed by atoms with Gasteiger partial charge in [0.1, 0.15) is 4.90 Å². The second-order valence-electron chi connectivity index (χ2n) is 5.97. The standard InChI is InChI=1S/C18H28O5S.Na.H/c1-2-3-4-5-6-7-8-9-10-15-18(19)23-16-13-11-12-14-17(16)24(20,21)22;;/h11-14H,2-10,15H2,1H3,(H,20,21,22);;/q;+1;-1. The summed E-state index contributed by atoms with van der Waals surface area (Å²) in [5, 5.41) is 0. The normalized spacial score (nSPS) is 11.0. The molecule has 0 aliphatic carbocycles. The molecule has 1 aromatic rings. The van der Waals surface area contributed by atoms with Crippen LogP contribution in [0.5, 0.6) is 5.75 Å². The van der Waals surface area contributed by atoms with Crippen molar-refractivity contribution in [3.8, 4) is 5.75 Å². The molecule has 0 saturated heterocycles. The fraction of sp³-hybridized carbons (Fsp3) is 0.611. The maximum atomic E-state index is 11.8. The monoisotopic (exact) mass is 380 g/mol. The predicted molar refractivity (Wildman–Crippen MR) is 94.8 cm³/mol. The molecule has 0 heterocycles.